The number of carbonyl (C=O) groups is 1. The molecule has 0 saturated carbocycles. The molecule has 0 bridgehead atoms. The van der Waals surface area contributed by atoms with Crippen molar-refractivity contribution < 1.29 is 9.90 Å². The predicted molar refractivity (Wildman–Crippen MR) is 58.5 cm³/mol. The van der Waals surface area contributed by atoms with E-state index in [0.29, 0.717) is 0 Å². The molecule has 15 heavy (non-hydrogen) atoms. The molecule has 1 atom stereocenters. The second-order valence-corrected chi connectivity index (χ2v) is 3.72. The van der Waals surface area contributed by atoms with Crippen molar-refractivity contribution in [1.29, 1.82) is 0 Å². The van der Waals surface area contributed by atoms with E-state index in [1.54, 1.807) is 0 Å². The van der Waals surface area contributed by atoms with Crippen molar-refractivity contribution in [1.82, 2.24) is 5.32 Å². The van der Waals surface area contributed by atoms with Crippen molar-refractivity contribution in [2.24, 2.45) is 0 Å². The van der Waals surface area contributed by atoms with Crippen molar-refractivity contribution in [2.75, 3.05) is 6.54 Å². The summed E-state index contributed by atoms with van der Waals surface area (Å²) in [5, 5.41) is 11.6. The standard InChI is InChI=1S/C12H13NO2/c1-8-6-9-4-2-3-5-10(9)12(8)13-7-11(14)15/h2-6,12-13H,7H2,1H3,(H,14,15)/t12-/m0/s1. The van der Waals surface area contributed by atoms with Gasteiger partial charge in [-0.25, -0.2) is 0 Å². The fourth-order valence-corrected chi connectivity index (χ4v) is 1.94. The van der Waals surface area contributed by atoms with Gasteiger partial charge < -0.3 is 5.11 Å². The van der Waals surface area contributed by atoms with Gasteiger partial charge in [0.2, 0.25) is 0 Å². The van der Waals surface area contributed by atoms with Gasteiger partial charge in [-0.3, -0.25) is 10.1 Å². The summed E-state index contributed by atoms with van der Waals surface area (Å²) in [6.07, 6.45) is 2.09. The third-order valence-corrected chi connectivity index (χ3v) is 2.60. The van der Waals surface area contributed by atoms with Crippen LogP contribution >= 0.6 is 0 Å². The van der Waals surface area contributed by atoms with Crippen LogP contribution in [0.15, 0.2) is 29.8 Å². The van der Waals surface area contributed by atoms with Crippen LogP contribution in [0.1, 0.15) is 24.1 Å². The molecule has 1 aliphatic rings. The molecule has 1 aromatic rings. The summed E-state index contributed by atoms with van der Waals surface area (Å²) >= 11 is 0. The highest BCUT2D eigenvalue weighted by Crippen LogP contribution is 2.33. The zero-order valence-electron chi connectivity index (χ0n) is 8.53. The van der Waals surface area contributed by atoms with E-state index < -0.39 is 5.97 Å². The predicted octanol–water partition coefficient (Wildman–Crippen LogP) is 1.82. The van der Waals surface area contributed by atoms with Crippen LogP contribution in [0.4, 0.5) is 0 Å². The van der Waals surface area contributed by atoms with Crippen LogP contribution in [0, 0.1) is 0 Å². The van der Waals surface area contributed by atoms with Crippen LogP contribution in [0.2, 0.25) is 0 Å². The lowest BCUT2D eigenvalue weighted by Crippen LogP contribution is -2.27. The lowest BCUT2D eigenvalue weighted by Gasteiger charge is -2.14. The molecule has 0 aliphatic heterocycles. The van der Waals surface area contributed by atoms with Crippen molar-refractivity contribution in [2.45, 2.75) is 13.0 Å². The maximum atomic E-state index is 10.5. The molecule has 1 aromatic carbocycles. The van der Waals surface area contributed by atoms with Gasteiger partial charge >= 0.3 is 5.97 Å². The first-order chi connectivity index (χ1) is 7.18. The Labute approximate surface area is 88.4 Å². The van der Waals surface area contributed by atoms with E-state index >= 15 is 0 Å². The molecule has 0 radical (unpaired) electrons. The van der Waals surface area contributed by atoms with E-state index in [2.05, 4.69) is 11.4 Å². The first kappa shape index (κ1) is 9.93. The Balaban J connectivity index is 2.20. The van der Waals surface area contributed by atoms with Gasteiger partial charge in [0.25, 0.3) is 0 Å². The Morgan fingerprint density at radius 3 is 2.93 bits per heavy atom. The van der Waals surface area contributed by atoms with E-state index in [-0.39, 0.29) is 12.6 Å². The molecular weight excluding hydrogens is 190 g/mol. The molecule has 0 aromatic heterocycles. The van der Waals surface area contributed by atoms with Crippen LogP contribution in [-0.2, 0) is 4.79 Å². The Hall–Kier alpha value is -1.61. The zero-order chi connectivity index (χ0) is 10.8. The maximum Gasteiger partial charge on any atom is 0.317 e. The average molecular weight is 203 g/mol. The average Bonchev–Trinajstić information content (AvgIpc) is 2.50. The number of benzene rings is 1. The molecule has 2 N–H and O–H groups in total. The second-order valence-electron chi connectivity index (χ2n) is 3.72. The maximum absolute atomic E-state index is 10.5. The first-order valence-electron chi connectivity index (χ1n) is 4.91. The largest absolute Gasteiger partial charge is 0.480 e. The monoisotopic (exact) mass is 203 g/mol. The molecule has 1 aliphatic carbocycles. The lowest BCUT2D eigenvalue weighted by molar-refractivity contribution is -0.136. The van der Waals surface area contributed by atoms with Gasteiger partial charge in [0.1, 0.15) is 0 Å². The number of rotatable bonds is 3. The van der Waals surface area contributed by atoms with Gasteiger partial charge in [0.05, 0.1) is 12.6 Å². The minimum Gasteiger partial charge on any atom is -0.480 e. The number of aliphatic carboxylic acids is 1. The van der Waals surface area contributed by atoms with Gasteiger partial charge in [-0.15, -0.1) is 0 Å². The molecule has 0 spiro atoms. The quantitative estimate of drug-likeness (QED) is 0.787. The highest BCUT2D eigenvalue weighted by Gasteiger charge is 2.21. The summed E-state index contributed by atoms with van der Waals surface area (Å²) in [7, 11) is 0. The van der Waals surface area contributed by atoms with E-state index in [1.165, 1.54) is 5.56 Å². The summed E-state index contributed by atoms with van der Waals surface area (Å²) in [4.78, 5) is 10.5. The normalized spacial score (nSPS) is 18.5. The molecular formula is C12H13NO2. The summed E-state index contributed by atoms with van der Waals surface area (Å²) in [5.41, 5.74) is 3.51. The first-order valence-corrected chi connectivity index (χ1v) is 4.91. The lowest BCUT2D eigenvalue weighted by atomic mass is 10.0. The Bertz CT molecular complexity index is 423. The topological polar surface area (TPSA) is 49.3 Å². The van der Waals surface area contributed by atoms with Gasteiger partial charge in [-0.2, -0.15) is 0 Å². The van der Waals surface area contributed by atoms with Gasteiger partial charge in [0, 0.05) is 0 Å². The van der Waals surface area contributed by atoms with Crippen molar-refractivity contribution in [3.8, 4) is 0 Å². The van der Waals surface area contributed by atoms with E-state index in [1.807, 2.05) is 31.2 Å². The number of carboxylic acids is 1. The van der Waals surface area contributed by atoms with E-state index in [4.69, 9.17) is 5.11 Å². The second kappa shape index (κ2) is 3.87. The fourth-order valence-electron chi connectivity index (χ4n) is 1.94. The summed E-state index contributed by atoms with van der Waals surface area (Å²) in [6, 6.07) is 8.09. The van der Waals surface area contributed by atoms with Crippen LogP contribution in [-0.4, -0.2) is 17.6 Å². The number of hydrogen-bond acceptors (Lipinski definition) is 2. The third kappa shape index (κ3) is 1.92. The number of carboxylic acid groups (broad SMARTS) is 1. The minimum absolute atomic E-state index is 0.00974. The van der Waals surface area contributed by atoms with E-state index in [0.717, 1.165) is 11.1 Å². The molecule has 0 saturated heterocycles. The molecule has 3 nitrogen and oxygen atoms in total. The highest BCUT2D eigenvalue weighted by atomic mass is 16.4. The molecule has 0 amide bonds. The van der Waals surface area contributed by atoms with Crippen molar-refractivity contribution in [3.63, 3.8) is 0 Å². The molecule has 2 rings (SSSR count). The van der Waals surface area contributed by atoms with Gasteiger partial charge in [0.15, 0.2) is 0 Å². The summed E-state index contributed by atoms with van der Waals surface area (Å²) in [6.45, 7) is 2.00. The summed E-state index contributed by atoms with van der Waals surface area (Å²) < 4.78 is 0. The number of fused-ring (bicyclic) bond motifs is 1. The van der Waals surface area contributed by atoms with Crippen LogP contribution in [0.25, 0.3) is 6.08 Å². The summed E-state index contributed by atoms with van der Waals surface area (Å²) in [5.74, 6) is -0.827. The fraction of sp³-hybridized carbons (Fsp3) is 0.250. The molecule has 0 heterocycles. The Kier molecular flexibility index (Phi) is 2.56. The van der Waals surface area contributed by atoms with Crippen LogP contribution < -0.4 is 5.32 Å². The Morgan fingerprint density at radius 2 is 2.20 bits per heavy atom. The molecule has 78 valence electrons. The number of hydrogen-bond donors (Lipinski definition) is 2. The van der Waals surface area contributed by atoms with Crippen LogP contribution in [0.5, 0.6) is 0 Å². The van der Waals surface area contributed by atoms with Crippen molar-refractivity contribution in [3.05, 3.63) is 41.0 Å². The van der Waals surface area contributed by atoms with Gasteiger partial charge in [-0.05, 0) is 18.1 Å². The SMILES string of the molecule is CC1=Cc2ccccc2[C@H]1NCC(=O)O. The zero-order valence-corrected chi connectivity index (χ0v) is 8.53. The smallest absolute Gasteiger partial charge is 0.317 e. The minimum atomic E-state index is -0.827. The van der Waals surface area contributed by atoms with Crippen LogP contribution in [0.3, 0.4) is 0 Å². The van der Waals surface area contributed by atoms with Crippen molar-refractivity contribution >= 4 is 12.0 Å². The van der Waals surface area contributed by atoms with E-state index in [9.17, 15) is 4.79 Å². The third-order valence-electron chi connectivity index (χ3n) is 2.60. The molecule has 0 fully saturated rings. The van der Waals surface area contributed by atoms with Gasteiger partial charge in [-0.1, -0.05) is 35.9 Å². The number of nitrogens with one attached hydrogen (secondary N) is 1. The Morgan fingerprint density at radius 1 is 1.47 bits per heavy atom. The highest BCUT2D eigenvalue weighted by molar-refractivity contribution is 5.70. The molecule has 3 heteroatoms. The molecule has 0 unspecified atom stereocenters.